The van der Waals surface area contributed by atoms with E-state index in [0.29, 0.717) is 11.5 Å². The van der Waals surface area contributed by atoms with Crippen LogP contribution >= 0.6 is 0 Å². The van der Waals surface area contributed by atoms with Crippen LogP contribution in [0.2, 0.25) is 0 Å². The summed E-state index contributed by atoms with van der Waals surface area (Å²) in [7, 11) is 1.55. The Hall–Kier alpha value is -1.75. The van der Waals surface area contributed by atoms with Crippen molar-refractivity contribution >= 4 is 5.97 Å². The van der Waals surface area contributed by atoms with Crippen LogP contribution in [-0.2, 0) is 4.79 Å². The molecular weight excluding hydrogens is 222 g/mol. The van der Waals surface area contributed by atoms with Gasteiger partial charge in [0.15, 0.2) is 11.5 Å². The lowest BCUT2D eigenvalue weighted by atomic mass is 10.2. The number of aryl methyl sites for hydroxylation is 1. The first-order chi connectivity index (χ1) is 8.02. The van der Waals surface area contributed by atoms with Gasteiger partial charge < -0.3 is 20.3 Å². The summed E-state index contributed by atoms with van der Waals surface area (Å²) < 4.78 is 10.6. The highest BCUT2D eigenvalue weighted by Crippen LogP contribution is 2.27. The second-order valence-electron chi connectivity index (χ2n) is 3.82. The summed E-state index contributed by atoms with van der Waals surface area (Å²) in [5, 5.41) is 8.56. The van der Waals surface area contributed by atoms with Gasteiger partial charge in [-0.25, -0.2) is 0 Å². The third-order valence-electron chi connectivity index (χ3n) is 2.21. The lowest BCUT2D eigenvalue weighted by molar-refractivity contribution is -0.137. The van der Waals surface area contributed by atoms with E-state index in [1.165, 1.54) is 0 Å². The molecule has 0 bridgehead atoms. The highest BCUT2D eigenvalue weighted by Gasteiger charge is 2.10. The van der Waals surface area contributed by atoms with Gasteiger partial charge in [0.1, 0.15) is 6.61 Å². The van der Waals surface area contributed by atoms with Gasteiger partial charge in [-0.05, 0) is 24.6 Å². The van der Waals surface area contributed by atoms with Crippen LogP contribution in [0.25, 0.3) is 0 Å². The molecule has 0 aliphatic rings. The molecule has 3 N–H and O–H groups in total. The van der Waals surface area contributed by atoms with Gasteiger partial charge in [-0.1, -0.05) is 6.07 Å². The van der Waals surface area contributed by atoms with Crippen molar-refractivity contribution in [2.24, 2.45) is 5.73 Å². The summed E-state index contributed by atoms with van der Waals surface area (Å²) in [6, 6.07) is 4.99. The molecule has 0 saturated carbocycles. The molecule has 0 saturated heterocycles. The molecule has 0 aromatic heterocycles. The number of carbonyl (C=O) groups is 1. The molecule has 5 nitrogen and oxygen atoms in total. The van der Waals surface area contributed by atoms with Gasteiger partial charge >= 0.3 is 5.97 Å². The highest BCUT2D eigenvalue weighted by molar-refractivity contribution is 5.67. The van der Waals surface area contributed by atoms with Crippen LogP contribution in [-0.4, -0.2) is 30.8 Å². The maximum absolute atomic E-state index is 10.4. The Kier molecular flexibility index (Phi) is 4.78. The van der Waals surface area contributed by atoms with Crippen LogP contribution in [0.3, 0.4) is 0 Å². The largest absolute Gasteiger partial charge is 0.493 e. The topological polar surface area (TPSA) is 81.8 Å². The zero-order chi connectivity index (χ0) is 12.8. The van der Waals surface area contributed by atoms with E-state index in [0.717, 1.165) is 5.56 Å². The second kappa shape index (κ2) is 6.10. The number of carboxylic acids is 1. The summed E-state index contributed by atoms with van der Waals surface area (Å²) in [5.74, 6) is 0.253. The quantitative estimate of drug-likeness (QED) is 0.779. The van der Waals surface area contributed by atoms with Crippen molar-refractivity contribution < 1.29 is 19.4 Å². The van der Waals surface area contributed by atoms with Gasteiger partial charge in [-0.2, -0.15) is 0 Å². The average Bonchev–Trinajstić information content (AvgIpc) is 2.26. The summed E-state index contributed by atoms with van der Waals surface area (Å²) in [6.07, 6.45) is -0.117. The van der Waals surface area contributed by atoms with Crippen LogP contribution in [0.5, 0.6) is 11.5 Å². The third kappa shape index (κ3) is 4.32. The van der Waals surface area contributed by atoms with E-state index < -0.39 is 12.0 Å². The molecule has 0 spiro atoms. The number of benzene rings is 1. The number of nitrogens with two attached hydrogens (primary N) is 1. The molecule has 1 aromatic carbocycles. The molecular formula is C12H17NO4. The van der Waals surface area contributed by atoms with Crippen molar-refractivity contribution in [3.63, 3.8) is 0 Å². The number of hydrogen-bond donors (Lipinski definition) is 2. The molecule has 0 aliphatic heterocycles. The summed E-state index contributed by atoms with van der Waals surface area (Å²) in [4.78, 5) is 10.4. The Labute approximate surface area is 100 Å². The molecule has 5 heteroatoms. The Morgan fingerprint density at radius 1 is 1.47 bits per heavy atom. The minimum atomic E-state index is -0.933. The SMILES string of the molecule is COc1cc(C)ccc1OCC(N)CC(=O)O. The number of ether oxygens (including phenoxy) is 2. The minimum absolute atomic E-state index is 0.117. The predicted molar refractivity (Wildman–Crippen MR) is 63.5 cm³/mol. The van der Waals surface area contributed by atoms with E-state index in [4.69, 9.17) is 20.3 Å². The minimum Gasteiger partial charge on any atom is -0.493 e. The first-order valence-corrected chi connectivity index (χ1v) is 5.27. The van der Waals surface area contributed by atoms with Crippen LogP contribution in [0.4, 0.5) is 0 Å². The molecule has 1 unspecified atom stereocenters. The first kappa shape index (κ1) is 13.3. The Balaban J connectivity index is 2.59. The molecule has 0 heterocycles. The smallest absolute Gasteiger partial charge is 0.305 e. The van der Waals surface area contributed by atoms with Crippen molar-refractivity contribution in [3.8, 4) is 11.5 Å². The predicted octanol–water partition coefficient (Wildman–Crippen LogP) is 1.18. The molecule has 0 aliphatic carbocycles. The first-order valence-electron chi connectivity index (χ1n) is 5.27. The maximum atomic E-state index is 10.4. The third-order valence-corrected chi connectivity index (χ3v) is 2.21. The van der Waals surface area contributed by atoms with Crippen LogP contribution < -0.4 is 15.2 Å². The van der Waals surface area contributed by atoms with E-state index >= 15 is 0 Å². The number of methoxy groups -OCH3 is 1. The van der Waals surface area contributed by atoms with Crippen LogP contribution in [0.15, 0.2) is 18.2 Å². The summed E-state index contributed by atoms with van der Waals surface area (Å²) in [6.45, 7) is 2.09. The summed E-state index contributed by atoms with van der Waals surface area (Å²) in [5.41, 5.74) is 6.66. The molecule has 1 rings (SSSR count). The van der Waals surface area contributed by atoms with Crippen molar-refractivity contribution in [3.05, 3.63) is 23.8 Å². The van der Waals surface area contributed by atoms with Gasteiger partial charge in [-0.3, -0.25) is 4.79 Å². The van der Waals surface area contributed by atoms with Gasteiger partial charge in [0.25, 0.3) is 0 Å². The Morgan fingerprint density at radius 2 is 2.18 bits per heavy atom. The van der Waals surface area contributed by atoms with E-state index in [2.05, 4.69) is 0 Å². The Bertz CT molecular complexity index is 392. The summed E-state index contributed by atoms with van der Waals surface area (Å²) >= 11 is 0. The van der Waals surface area contributed by atoms with E-state index in [1.807, 2.05) is 19.1 Å². The van der Waals surface area contributed by atoms with E-state index in [9.17, 15) is 4.79 Å². The molecule has 0 fully saturated rings. The molecule has 0 amide bonds. The van der Waals surface area contributed by atoms with Gasteiger partial charge in [0, 0.05) is 6.04 Å². The maximum Gasteiger partial charge on any atom is 0.305 e. The van der Waals surface area contributed by atoms with Gasteiger partial charge in [0.05, 0.1) is 13.5 Å². The lowest BCUT2D eigenvalue weighted by Gasteiger charge is -2.14. The molecule has 1 aromatic rings. The van der Waals surface area contributed by atoms with Crippen LogP contribution in [0.1, 0.15) is 12.0 Å². The Morgan fingerprint density at radius 3 is 2.76 bits per heavy atom. The fourth-order valence-electron chi connectivity index (χ4n) is 1.37. The van der Waals surface area contributed by atoms with Crippen molar-refractivity contribution in [2.75, 3.05) is 13.7 Å². The molecule has 17 heavy (non-hydrogen) atoms. The fraction of sp³-hybridized carbons (Fsp3) is 0.417. The van der Waals surface area contributed by atoms with Crippen molar-refractivity contribution in [1.29, 1.82) is 0 Å². The van der Waals surface area contributed by atoms with Gasteiger partial charge in [0.2, 0.25) is 0 Å². The molecule has 1 atom stereocenters. The average molecular weight is 239 g/mol. The number of rotatable bonds is 6. The van der Waals surface area contributed by atoms with E-state index in [1.54, 1.807) is 13.2 Å². The van der Waals surface area contributed by atoms with Crippen LogP contribution in [0, 0.1) is 6.92 Å². The second-order valence-corrected chi connectivity index (χ2v) is 3.82. The van der Waals surface area contributed by atoms with Crippen molar-refractivity contribution in [1.82, 2.24) is 0 Å². The highest BCUT2D eigenvalue weighted by atomic mass is 16.5. The number of carboxylic acid groups (broad SMARTS) is 1. The molecule has 0 radical (unpaired) electrons. The standard InChI is InChI=1S/C12H17NO4/c1-8-3-4-10(11(5-8)16-2)17-7-9(13)6-12(14)15/h3-5,9H,6-7,13H2,1-2H3,(H,14,15). The fourth-order valence-corrected chi connectivity index (χ4v) is 1.37. The molecule has 94 valence electrons. The normalized spacial score (nSPS) is 11.9. The van der Waals surface area contributed by atoms with E-state index in [-0.39, 0.29) is 13.0 Å². The monoisotopic (exact) mass is 239 g/mol. The zero-order valence-electron chi connectivity index (χ0n) is 9.97. The number of hydrogen-bond acceptors (Lipinski definition) is 4. The lowest BCUT2D eigenvalue weighted by Crippen LogP contribution is -2.30. The number of aliphatic carboxylic acids is 1. The van der Waals surface area contributed by atoms with Gasteiger partial charge in [-0.15, -0.1) is 0 Å². The zero-order valence-corrected chi connectivity index (χ0v) is 9.97. The van der Waals surface area contributed by atoms with Crippen molar-refractivity contribution in [2.45, 2.75) is 19.4 Å².